The maximum Gasteiger partial charge on any atom is 0.310 e. The lowest BCUT2D eigenvalue weighted by molar-refractivity contribution is 0.0961. The lowest BCUT2D eigenvalue weighted by atomic mass is 9.84. The third kappa shape index (κ3) is 5.55. The molecular weight excluding hydrogens is 455 g/mol. The van der Waals surface area contributed by atoms with Crippen molar-refractivity contribution in [2.45, 2.75) is 31.1 Å². The fourth-order valence-corrected chi connectivity index (χ4v) is 3.79. The van der Waals surface area contributed by atoms with E-state index in [-0.39, 0.29) is 35.2 Å². The molecule has 0 bridgehead atoms. The van der Waals surface area contributed by atoms with E-state index in [0.717, 1.165) is 18.2 Å². The van der Waals surface area contributed by atoms with Crippen LogP contribution in [-0.2, 0) is 0 Å². The van der Waals surface area contributed by atoms with Crippen molar-refractivity contribution in [2.24, 2.45) is 5.92 Å². The average molecular weight is 474 g/mol. The van der Waals surface area contributed by atoms with Gasteiger partial charge in [0.2, 0.25) is 0 Å². The van der Waals surface area contributed by atoms with E-state index >= 15 is 0 Å². The Morgan fingerprint density at radius 3 is 2.16 bits per heavy atom. The lowest BCUT2D eigenvalue weighted by Crippen LogP contribution is -2.18. The summed E-state index contributed by atoms with van der Waals surface area (Å²) in [5, 5.41) is 0. The van der Waals surface area contributed by atoms with E-state index in [9.17, 15) is 29.0 Å². The largest absolute Gasteiger partial charge is 0.310 e. The summed E-state index contributed by atoms with van der Waals surface area (Å²) < 4.78 is 64.9. The summed E-state index contributed by atoms with van der Waals surface area (Å²) in [7, 11) is -9.79. The van der Waals surface area contributed by atoms with Gasteiger partial charge in [0.15, 0.2) is 17.4 Å². The van der Waals surface area contributed by atoms with Crippen molar-refractivity contribution in [3.05, 3.63) is 70.4 Å². The second-order valence-corrected chi connectivity index (χ2v) is 9.98. The molecule has 0 aliphatic rings. The van der Waals surface area contributed by atoms with Crippen LogP contribution in [0.2, 0.25) is 0 Å². The molecule has 2 heterocycles. The Kier molecular flexibility index (Phi) is 5.49. The van der Waals surface area contributed by atoms with Crippen LogP contribution in [0, 0.1) is 5.92 Å². The number of Topliss-reactive ketones (excluding diaryl/α,β-unsaturated/α-hetero) is 1. The van der Waals surface area contributed by atoms with Crippen LogP contribution in [0.5, 0.6) is 0 Å². The zero-order chi connectivity index (χ0) is 23.8. The van der Waals surface area contributed by atoms with E-state index in [1.165, 1.54) is 12.4 Å². The van der Waals surface area contributed by atoms with Gasteiger partial charge in [-0.25, -0.2) is 15.0 Å². The van der Waals surface area contributed by atoms with Gasteiger partial charge in [-0.05, 0) is 35.6 Å². The number of aromatic nitrogens is 4. The molecule has 0 amide bonds. The quantitative estimate of drug-likeness (QED) is 0.340. The second kappa shape index (κ2) is 7.47. The Labute approximate surface area is 179 Å². The number of nitrogens with zero attached hydrogens (tertiary/aromatic N) is 3. The molecule has 1 N–H and O–H groups in total. The number of halogens is 5. The van der Waals surface area contributed by atoms with Crippen LogP contribution in [0.15, 0.2) is 58.5 Å². The SMILES string of the molecule is CC(C)[C@@H](CC(=O)c1cc(=O)[nH]c(-c2ncccn2)n1)c1ccc(S(F)(F)(F)(F)F)cc1. The van der Waals surface area contributed by atoms with Crippen molar-refractivity contribution in [1.82, 2.24) is 19.9 Å². The number of nitrogens with one attached hydrogen (secondary N) is 1. The van der Waals surface area contributed by atoms with Crippen molar-refractivity contribution in [2.75, 3.05) is 0 Å². The highest BCUT2D eigenvalue weighted by atomic mass is 32.5. The summed E-state index contributed by atoms with van der Waals surface area (Å²) in [5.41, 5.74) is -0.479. The van der Waals surface area contributed by atoms with Crippen molar-refractivity contribution in [3.8, 4) is 11.6 Å². The second-order valence-electron chi connectivity index (χ2n) is 7.57. The maximum absolute atomic E-state index is 13.0. The lowest BCUT2D eigenvalue weighted by Gasteiger charge is -2.40. The first-order valence-corrected chi connectivity index (χ1v) is 11.3. The smallest absolute Gasteiger partial charge is 0.304 e. The summed E-state index contributed by atoms with van der Waals surface area (Å²) >= 11 is 0. The molecule has 1 atom stereocenters. The van der Waals surface area contributed by atoms with Gasteiger partial charge >= 0.3 is 10.2 Å². The number of carbonyl (C=O) groups excluding carboxylic acids is 1. The molecule has 0 saturated carbocycles. The molecule has 0 fully saturated rings. The van der Waals surface area contributed by atoms with Crippen molar-refractivity contribution in [1.29, 1.82) is 0 Å². The fourth-order valence-electron chi connectivity index (χ4n) is 3.14. The number of H-pyrrole nitrogens is 1. The zero-order valence-electron chi connectivity index (χ0n) is 16.9. The molecule has 172 valence electrons. The number of carbonyl (C=O) groups is 1. The van der Waals surface area contributed by atoms with E-state index in [1.807, 2.05) is 0 Å². The van der Waals surface area contributed by atoms with Gasteiger partial charge in [-0.15, -0.1) is 0 Å². The van der Waals surface area contributed by atoms with E-state index in [1.54, 1.807) is 19.9 Å². The standard InChI is InChI=1S/C20H19F5N4O2S/c1-12(2)15(13-4-6-14(7-5-13)32(21,22,23,24)25)10-17(30)16-11-18(31)29-20(28-16)19-26-8-3-9-27-19/h3-9,11-12,15H,10H2,1-2H3,(H,28,29,31)/t15-/m1/s1. The van der Waals surface area contributed by atoms with E-state index in [0.29, 0.717) is 12.1 Å². The Hall–Kier alpha value is -3.15. The summed E-state index contributed by atoms with van der Waals surface area (Å²) in [5.74, 6) is -1.26. The molecule has 0 unspecified atom stereocenters. The molecule has 32 heavy (non-hydrogen) atoms. The van der Waals surface area contributed by atoms with Gasteiger partial charge in [-0.1, -0.05) is 45.4 Å². The van der Waals surface area contributed by atoms with Gasteiger partial charge in [0, 0.05) is 24.9 Å². The molecule has 0 aliphatic carbocycles. The van der Waals surface area contributed by atoms with Gasteiger partial charge < -0.3 is 4.98 Å². The molecule has 0 radical (unpaired) electrons. The summed E-state index contributed by atoms with van der Waals surface area (Å²) in [6.45, 7) is 3.48. The third-order valence-corrected chi connectivity index (χ3v) is 5.93. The van der Waals surface area contributed by atoms with Crippen LogP contribution in [0.1, 0.15) is 42.2 Å². The van der Waals surface area contributed by atoms with Crippen molar-refractivity contribution < 1.29 is 24.2 Å². The van der Waals surface area contributed by atoms with Crippen molar-refractivity contribution >= 4 is 16.0 Å². The first kappa shape index (κ1) is 23.5. The Balaban J connectivity index is 1.90. The Bertz CT molecular complexity index is 1200. The summed E-state index contributed by atoms with van der Waals surface area (Å²) in [6, 6.07) is 5.11. The number of ketones is 1. The van der Waals surface area contributed by atoms with E-state index < -0.39 is 32.4 Å². The Morgan fingerprint density at radius 1 is 1.03 bits per heavy atom. The normalized spacial score (nSPS) is 15.1. The molecule has 1 aromatic carbocycles. The van der Waals surface area contributed by atoms with E-state index in [2.05, 4.69) is 19.9 Å². The van der Waals surface area contributed by atoms with Gasteiger partial charge in [0.25, 0.3) is 5.56 Å². The maximum atomic E-state index is 13.0. The van der Waals surface area contributed by atoms with E-state index in [4.69, 9.17) is 0 Å². The highest BCUT2D eigenvalue weighted by Crippen LogP contribution is 3.02. The van der Waals surface area contributed by atoms with Gasteiger partial charge in [0.1, 0.15) is 10.6 Å². The minimum Gasteiger partial charge on any atom is -0.304 e. The molecule has 3 aromatic rings. The number of benzene rings is 1. The predicted molar refractivity (Wildman–Crippen MR) is 110 cm³/mol. The number of hydrogen-bond acceptors (Lipinski definition) is 5. The summed E-state index contributed by atoms with van der Waals surface area (Å²) in [6.07, 6.45) is 2.67. The predicted octanol–water partition coefficient (Wildman–Crippen LogP) is 5.90. The van der Waals surface area contributed by atoms with Gasteiger partial charge in [-0.2, -0.15) is 0 Å². The number of hydrogen-bond donors (Lipinski definition) is 1. The van der Waals surface area contributed by atoms with Crippen LogP contribution < -0.4 is 5.56 Å². The van der Waals surface area contributed by atoms with Crippen molar-refractivity contribution in [3.63, 3.8) is 0 Å². The monoisotopic (exact) mass is 474 g/mol. The van der Waals surface area contributed by atoms with Crippen LogP contribution in [0.3, 0.4) is 0 Å². The number of aromatic amines is 1. The molecule has 3 rings (SSSR count). The van der Waals surface area contributed by atoms with Crippen LogP contribution in [-0.4, -0.2) is 25.7 Å². The molecule has 0 aliphatic heterocycles. The first-order chi connectivity index (χ1) is 14.6. The average Bonchev–Trinajstić information content (AvgIpc) is 2.70. The zero-order valence-corrected chi connectivity index (χ0v) is 17.8. The molecule has 0 saturated heterocycles. The molecule has 2 aromatic heterocycles. The number of rotatable bonds is 7. The highest BCUT2D eigenvalue weighted by Gasteiger charge is 2.65. The minimum absolute atomic E-state index is 0.0113. The van der Waals surface area contributed by atoms with Crippen LogP contribution >= 0.6 is 10.2 Å². The third-order valence-electron chi connectivity index (χ3n) is 4.77. The van der Waals surface area contributed by atoms with Gasteiger partial charge in [-0.3, -0.25) is 9.59 Å². The van der Waals surface area contributed by atoms with Crippen LogP contribution in [0.25, 0.3) is 11.6 Å². The van der Waals surface area contributed by atoms with Crippen LogP contribution in [0.4, 0.5) is 19.4 Å². The fraction of sp³-hybridized carbons (Fsp3) is 0.250. The molecule has 0 spiro atoms. The minimum atomic E-state index is -9.79. The molecular formula is C20H19F5N4O2S. The highest BCUT2D eigenvalue weighted by molar-refractivity contribution is 8.45. The summed E-state index contributed by atoms with van der Waals surface area (Å²) in [4.78, 5) is 37.3. The Morgan fingerprint density at radius 2 is 1.62 bits per heavy atom. The van der Waals surface area contributed by atoms with Gasteiger partial charge in [0.05, 0.1) is 0 Å². The topological polar surface area (TPSA) is 88.6 Å². The first-order valence-electron chi connectivity index (χ1n) is 9.40. The molecule has 12 heteroatoms. The molecule has 6 nitrogen and oxygen atoms in total.